The molecule has 0 aliphatic carbocycles. The van der Waals surface area contributed by atoms with Gasteiger partial charge in [-0.2, -0.15) is 0 Å². The van der Waals surface area contributed by atoms with Crippen molar-refractivity contribution in [1.29, 1.82) is 0 Å². The first kappa shape index (κ1) is 12.2. The summed E-state index contributed by atoms with van der Waals surface area (Å²) in [4.78, 5) is 10.0. The molecule has 0 atom stereocenters. The highest BCUT2D eigenvalue weighted by molar-refractivity contribution is 7.94. The summed E-state index contributed by atoms with van der Waals surface area (Å²) in [6.07, 6.45) is 3.03. The topological polar surface area (TPSA) is 71.4 Å². The van der Waals surface area contributed by atoms with Gasteiger partial charge in [-0.05, 0) is 6.42 Å². The monoisotopic (exact) mass is 206 g/mol. The number of hydrogen-bond donors (Lipinski definition) is 1. The molecule has 0 radical (unpaired) electrons. The number of rotatable bonds is 6. The summed E-state index contributed by atoms with van der Waals surface area (Å²) in [5, 5.41) is 8.95. The van der Waals surface area contributed by atoms with E-state index in [9.17, 15) is 13.2 Å². The van der Waals surface area contributed by atoms with Crippen molar-refractivity contribution < 1.29 is 18.3 Å². The zero-order valence-corrected chi connectivity index (χ0v) is 8.38. The van der Waals surface area contributed by atoms with E-state index in [1.807, 2.05) is 6.92 Å². The molecule has 0 saturated carbocycles. The maximum absolute atomic E-state index is 11.1. The molecule has 0 aromatic carbocycles. The molecule has 0 heterocycles. The minimum atomic E-state index is -3.31. The van der Waals surface area contributed by atoms with Crippen LogP contribution in [0.4, 0.5) is 0 Å². The fraction of sp³-hybridized carbons (Fsp3) is 0.625. The van der Waals surface area contributed by atoms with Gasteiger partial charge in [-0.15, -0.1) is 0 Å². The highest BCUT2D eigenvalue weighted by atomic mass is 32.2. The van der Waals surface area contributed by atoms with Gasteiger partial charge in [-0.3, -0.25) is 0 Å². The molecule has 0 unspecified atom stereocenters. The van der Waals surface area contributed by atoms with Gasteiger partial charge in [0.05, 0.1) is 5.75 Å². The second-order valence-electron chi connectivity index (χ2n) is 2.72. The van der Waals surface area contributed by atoms with Crippen LogP contribution in [-0.2, 0) is 14.6 Å². The predicted molar refractivity (Wildman–Crippen MR) is 50.1 cm³/mol. The third-order valence-corrected chi connectivity index (χ3v) is 2.86. The lowest BCUT2D eigenvalue weighted by atomic mass is 10.3. The third-order valence-electron chi connectivity index (χ3n) is 1.45. The largest absolute Gasteiger partial charge is 0.478 e. The Hall–Kier alpha value is -0.840. The molecule has 0 amide bonds. The number of sulfone groups is 1. The molecule has 0 aliphatic heterocycles. The molecule has 0 aliphatic rings. The van der Waals surface area contributed by atoms with Gasteiger partial charge in [0.25, 0.3) is 0 Å². The molecule has 0 aromatic heterocycles. The molecule has 5 heteroatoms. The van der Waals surface area contributed by atoms with Crippen molar-refractivity contribution in [2.45, 2.75) is 26.2 Å². The molecule has 0 rings (SSSR count). The van der Waals surface area contributed by atoms with Crippen molar-refractivity contribution in [3.63, 3.8) is 0 Å². The molecule has 0 bridgehead atoms. The van der Waals surface area contributed by atoms with Crippen LogP contribution in [0.1, 0.15) is 26.2 Å². The first-order valence-corrected chi connectivity index (χ1v) is 5.83. The standard InChI is InChI=1S/C8H14O4S/c1-2-3-4-6-13(11,12)7-5-8(9)10/h5,7H,2-4,6H2,1H3,(H,9,10)/b7-5+. The number of aliphatic carboxylic acids is 1. The van der Waals surface area contributed by atoms with Gasteiger partial charge in [0, 0.05) is 11.5 Å². The number of unbranched alkanes of at least 4 members (excludes halogenated alkanes) is 2. The molecule has 76 valence electrons. The summed E-state index contributed by atoms with van der Waals surface area (Å²) in [6, 6.07) is 0. The summed E-state index contributed by atoms with van der Waals surface area (Å²) >= 11 is 0. The van der Waals surface area contributed by atoms with Gasteiger partial charge in [-0.1, -0.05) is 19.8 Å². The summed E-state index contributed by atoms with van der Waals surface area (Å²) in [5.74, 6) is -1.20. The van der Waals surface area contributed by atoms with E-state index in [2.05, 4.69) is 0 Å². The zero-order chi connectivity index (χ0) is 10.3. The fourth-order valence-corrected chi connectivity index (χ4v) is 1.85. The molecule has 0 spiro atoms. The van der Waals surface area contributed by atoms with Crippen LogP contribution in [0.2, 0.25) is 0 Å². The molecule has 4 nitrogen and oxygen atoms in total. The van der Waals surface area contributed by atoms with Crippen LogP contribution in [0.15, 0.2) is 11.5 Å². The van der Waals surface area contributed by atoms with Gasteiger partial charge in [0.2, 0.25) is 0 Å². The normalized spacial score (nSPS) is 12.1. The SMILES string of the molecule is CCCCCS(=O)(=O)/C=C/C(=O)O. The van der Waals surface area contributed by atoms with Gasteiger partial charge >= 0.3 is 5.97 Å². The maximum atomic E-state index is 11.1. The summed E-state index contributed by atoms with van der Waals surface area (Å²) in [7, 11) is -3.31. The third kappa shape index (κ3) is 7.52. The van der Waals surface area contributed by atoms with Crippen LogP contribution in [0.5, 0.6) is 0 Å². The summed E-state index contributed by atoms with van der Waals surface area (Å²) in [5.41, 5.74) is 0. The lowest BCUT2D eigenvalue weighted by molar-refractivity contribution is -0.131. The lowest BCUT2D eigenvalue weighted by Crippen LogP contribution is -2.03. The van der Waals surface area contributed by atoms with Crippen molar-refractivity contribution >= 4 is 15.8 Å². The van der Waals surface area contributed by atoms with Crippen molar-refractivity contribution in [3.05, 3.63) is 11.5 Å². The highest BCUT2D eigenvalue weighted by Gasteiger charge is 2.05. The molecule has 0 aromatic rings. The number of carbonyl (C=O) groups is 1. The fourth-order valence-electron chi connectivity index (χ4n) is 0.783. The van der Waals surface area contributed by atoms with Crippen molar-refractivity contribution in [2.24, 2.45) is 0 Å². The van der Waals surface area contributed by atoms with Crippen molar-refractivity contribution in [2.75, 3.05) is 5.75 Å². The average Bonchev–Trinajstić information content (AvgIpc) is 2.02. The van der Waals surface area contributed by atoms with Crippen LogP contribution in [0.3, 0.4) is 0 Å². The van der Waals surface area contributed by atoms with E-state index in [0.717, 1.165) is 18.2 Å². The Labute approximate surface area is 78.2 Å². The second kappa shape index (κ2) is 5.75. The molecule has 0 fully saturated rings. The highest BCUT2D eigenvalue weighted by Crippen LogP contribution is 2.01. The van der Waals surface area contributed by atoms with Crippen LogP contribution in [-0.4, -0.2) is 25.2 Å². The van der Waals surface area contributed by atoms with Gasteiger partial charge in [-0.25, -0.2) is 13.2 Å². The van der Waals surface area contributed by atoms with E-state index in [4.69, 9.17) is 5.11 Å². The number of hydrogen-bond acceptors (Lipinski definition) is 3. The molecular weight excluding hydrogens is 192 g/mol. The molecule has 13 heavy (non-hydrogen) atoms. The Bertz CT molecular complexity index is 277. The first-order valence-electron chi connectivity index (χ1n) is 4.11. The van der Waals surface area contributed by atoms with E-state index in [0.29, 0.717) is 12.5 Å². The average molecular weight is 206 g/mol. The van der Waals surface area contributed by atoms with Crippen molar-refractivity contribution in [3.8, 4) is 0 Å². The Balaban J connectivity index is 4.02. The zero-order valence-electron chi connectivity index (χ0n) is 7.56. The number of carboxylic acid groups (broad SMARTS) is 1. The Morgan fingerprint density at radius 3 is 2.46 bits per heavy atom. The van der Waals surface area contributed by atoms with E-state index in [1.165, 1.54) is 0 Å². The minimum absolute atomic E-state index is 0.0324. The minimum Gasteiger partial charge on any atom is -0.478 e. The Kier molecular flexibility index (Phi) is 5.37. The van der Waals surface area contributed by atoms with Crippen molar-refractivity contribution in [1.82, 2.24) is 0 Å². The van der Waals surface area contributed by atoms with E-state index < -0.39 is 15.8 Å². The molecule has 1 N–H and O–H groups in total. The first-order chi connectivity index (χ1) is 5.98. The summed E-state index contributed by atoms with van der Waals surface area (Å²) < 4.78 is 22.1. The Morgan fingerprint density at radius 1 is 1.38 bits per heavy atom. The van der Waals surface area contributed by atoms with E-state index in [1.54, 1.807) is 0 Å². The summed E-state index contributed by atoms with van der Waals surface area (Å²) in [6.45, 7) is 1.97. The quantitative estimate of drug-likeness (QED) is 0.523. The smallest absolute Gasteiger partial charge is 0.329 e. The molecule has 0 saturated heterocycles. The second-order valence-corrected chi connectivity index (χ2v) is 4.72. The predicted octanol–water partition coefficient (Wildman–Crippen LogP) is 1.19. The van der Waals surface area contributed by atoms with Gasteiger partial charge in [0.1, 0.15) is 0 Å². The Morgan fingerprint density at radius 2 is 2.00 bits per heavy atom. The van der Waals surface area contributed by atoms with Crippen LogP contribution in [0, 0.1) is 0 Å². The van der Waals surface area contributed by atoms with Crippen LogP contribution >= 0.6 is 0 Å². The van der Waals surface area contributed by atoms with E-state index in [-0.39, 0.29) is 5.75 Å². The molecular formula is C8H14O4S. The lowest BCUT2D eigenvalue weighted by Gasteiger charge is -1.96. The van der Waals surface area contributed by atoms with E-state index >= 15 is 0 Å². The van der Waals surface area contributed by atoms with Gasteiger partial charge < -0.3 is 5.11 Å². The number of carboxylic acids is 1. The maximum Gasteiger partial charge on any atom is 0.329 e. The van der Waals surface area contributed by atoms with Crippen LogP contribution < -0.4 is 0 Å². The van der Waals surface area contributed by atoms with Gasteiger partial charge in [0.15, 0.2) is 9.84 Å². The van der Waals surface area contributed by atoms with Crippen LogP contribution in [0.25, 0.3) is 0 Å².